The molecule has 0 aromatic heterocycles. The second kappa shape index (κ2) is 10.7. The highest BCUT2D eigenvalue weighted by atomic mass is 35.5. The maximum absolute atomic E-state index is 12.4. The molecule has 0 aliphatic carbocycles. The summed E-state index contributed by atoms with van der Waals surface area (Å²) in [5.74, 6) is -1.00. The van der Waals surface area contributed by atoms with Crippen molar-refractivity contribution in [2.75, 3.05) is 13.7 Å². The smallest absolute Gasteiger partial charge is 0.251 e. The first-order valence-corrected chi connectivity index (χ1v) is 9.08. The number of amides is 2. The van der Waals surface area contributed by atoms with Gasteiger partial charge in [-0.3, -0.25) is 14.8 Å². The second-order valence-corrected chi connectivity index (χ2v) is 6.76. The van der Waals surface area contributed by atoms with Gasteiger partial charge in [0.25, 0.3) is 5.91 Å². The Bertz CT molecular complexity index is 797. The predicted molar refractivity (Wildman–Crippen MR) is 105 cm³/mol. The van der Waals surface area contributed by atoms with E-state index in [-0.39, 0.29) is 18.9 Å². The van der Waals surface area contributed by atoms with Crippen molar-refractivity contribution in [1.29, 1.82) is 0 Å². The van der Waals surface area contributed by atoms with Crippen LogP contribution in [0.3, 0.4) is 0 Å². The first-order chi connectivity index (χ1) is 13.5. The van der Waals surface area contributed by atoms with Crippen molar-refractivity contribution in [3.63, 3.8) is 0 Å². The minimum atomic E-state index is -0.670. The first-order valence-electron chi connectivity index (χ1n) is 8.71. The number of nitrogens with one attached hydrogen (secondary N) is 2. The van der Waals surface area contributed by atoms with Crippen molar-refractivity contribution >= 4 is 23.4 Å². The third-order valence-corrected chi connectivity index (χ3v) is 4.58. The van der Waals surface area contributed by atoms with E-state index < -0.39 is 17.9 Å². The first kappa shape index (κ1) is 21.7. The number of benzene rings is 2. The summed E-state index contributed by atoms with van der Waals surface area (Å²) >= 11 is 5.82. The molecule has 7 nitrogen and oxygen atoms in total. The molecule has 0 aliphatic heterocycles. The molecular weight excluding hydrogens is 384 g/mol. The molecule has 0 radical (unpaired) electrons. The fourth-order valence-electron chi connectivity index (χ4n) is 2.85. The number of aliphatic hydroxyl groups excluding tert-OH is 1. The van der Waals surface area contributed by atoms with Crippen molar-refractivity contribution < 1.29 is 24.6 Å². The molecule has 0 spiro atoms. The van der Waals surface area contributed by atoms with E-state index >= 15 is 0 Å². The summed E-state index contributed by atoms with van der Waals surface area (Å²) in [4.78, 5) is 24.5. The van der Waals surface area contributed by atoms with Gasteiger partial charge in [-0.25, -0.2) is 5.48 Å². The molecule has 4 N–H and O–H groups in total. The number of aliphatic hydroxyl groups is 1. The Morgan fingerprint density at radius 1 is 1.18 bits per heavy atom. The van der Waals surface area contributed by atoms with Crippen LogP contribution in [0, 0.1) is 5.92 Å². The van der Waals surface area contributed by atoms with Gasteiger partial charge in [0.1, 0.15) is 5.75 Å². The molecule has 0 aliphatic rings. The molecule has 0 saturated carbocycles. The fraction of sp³-hybridized carbons (Fsp3) is 0.300. The van der Waals surface area contributed by atoms with Gasteiger partial charge in [-0.1, -0.05) is 23.7 Å². The Hall–Kier alpha value is -2.61. The number of rotatable bonds is 9. The lowest BCUT2D eigenvalue weighted by molar-refractivity contribution is -0.133. The molecule has 28 heavy (non-hydrogen) atoms. The van der Waals surface area contributed by atoms with E-state index in [1.165, 1.54) is 0 Å². The van der Waals surface area contributed by atoms with E-state index in [9.17, 15) is 14.7 Å². The Kier molecular flexibility index (Phi) is 8.25. The van der Waals surface area contributed by atoms with Crippen LogP contribution in [0.15, 0.2) is 48.5 Å². The largest absolute Gasteiger partial charge is 0.497 e. The van der Waals surface area contributed by atoms with E-state index in [1.54, 1.807) is 55.1 Å². The molecule has 2 atom stereocenters. The minimum Gasteiger partial charge on any atom is -0.497 e. The van der Waals surface area contributed by atoms with Crippen molar-refractivity contribution in [1.82, 2.24) is 10.8 Å². The standard InChI is InChI=1S/C20H23ClN2O5/c1-28-18-4-2-3-13(10-18)9-15(20(26)23-27)11-17(12-24)22-19(25)14-5-7-16(21)8-6-14/h2-8,10,15,17,24,27H,9,11-12H2,1H3,(H,22,25)(H,23,26)/t15-,17-/m0/s1. The van der Waals surface area contributed by atoms with Gasteiger partial charge in [0.2, 0.25) is 5.91 Å². The Labute approximate surface area is 168 Å². The monoisotopic (exact) mass is 406 g/mol. The number of methoxy groups -OCH3 is 1. The highest BCUT2D eigenvalue weighted by Crippen LogP contribution is 2.19. The zero-order chi connectivity index (χ0) is 20.5. The number of halogens is 1. The molecule has 0 unspecified atom stereocenters. The fourth-order valence-corrected chi connectivity index (χ4v) is 2.98. The molecule has 2 aromatic rings. The molecule has 2 aromatic carbocycles. The van der Waals surface area contributed by atoms with Crippen LogP contribution in [-0.4, -0.2) is 41.9 Å². The van der Waals surface area contributed by atoms with E-state index in [0.29, 0.717) is 22.8 Å². The lowest BCUT2D eigenvalue weighted by atomic mass is 9.92. The number of ether oxygens (including phenoxy) is 1. The summed E-state index contributed by atoms with van der Waals surface area (Å²) < 4.78 is 5.18. The van der Waals surface area contributed by atoms with Crippen LogP contribution < -0.4 is 15.5 Å². The van der Waals surface area contributed by atoms with Crippen molar-refractivity contribution in [3.8, 4) is 5.75 Å². The molecule has 8 heteroatoms. The second-order valence-electron chi connectivity index (χ2n) is 6.32. The molecule has 0 heterocycles. The molecule has 0 fully saturated rings. The third kappa shape index (κ3) is 6.23. The van der Waals surface area contributed by atoms with Gasteiger partial charge in [0, 0.05) is 16.5 Å². The van der Waals surface area contributed by atoms with Crippen LogP contribution >= 0.6 is 11.6 Å². The van der Waals surface area contributed by atoms with Crippen LogP contribution in [0.25, 0.3) is 0 Å². The van der Waals surface area contributed by atoms with Gasteiger partial charge >= 0.3 is 0 Å². The lowest BCUT2D eigenvalue weighted by Crippen LogP contribution is -2.42. The summed E-state index contributed by atoms with van der Waals surface area (Å²) in [6, 6.07) is 12.9. The van der Waals surface area contributed by atoms with Crippen LogP contribution in [0.4, 0.5) is 0 Å². The van der Waals surface area contributed by atoms with Crippen LogP contribution in [-0.2, 0) is 11.2 Å². The normalized spacial score (nSPS) is 12.7. The van der Waals surface area contributed by atoms with Crippen molar-refractivity contribution in [2.45, 2.75) is 18.9 Å². The zero-order valence-electron chi connectivity index (χ0n) is 15.4. The SMILES string of the molecule is COc1cccc(C[C@@H](C[C@@H](CO)NC(=O)c2ccc(Cl)cc2)C(=O)NO)c1. The van der Waals surface area contributed by atoms with Crippen LogP contribution in [0.5, 0.6) is 5.75 Å². The zero-order valence-corrected chi connectivity index (χ0v) is 16.1. The number of hydrogen-bond donors (Lipinski definition) is 4. The summed E-state index contributed by atoms with van der Waals surface area (Å²) in [6.45, 7) is -0.355. The molecule has 0 saturated heterocycles. The van der Waals surface area contributed by atoms with Gasteiger partial charge in [0.05, 0.1) is 19.8 Å². The van der Waals surface area contributed by atoms with E-state index in [4.69, 9.17) is 21.5 Å². The van der Waals surface area contributed by atoms with E-state index in [1.807, 2.05) is 6.07 Å². The van der Waals surface area contributed by atoms with Gasteiger partial charge in [-0.05, 0) is 54.8 Å². The number of hydrogen-bond acceptors (Lipinski definition) is 5. The third-order valence-electron chi connectivity index (χ3n) is 4.33. The molecule has 150 valence electrons. The van der Waals surface area contributed by atoms with E-state index in [2.05, 4.69) is 5.32 Å². The Balaban J connectivity index is 2.08. The highest BCUT2D eigenvalue weighted by molar-refractivity contribution is 6.30. The van der Waals surface area contributed by atoms with Gasteiger partial charge in [-0.2, -0.15) is 0 Å². The van der Waals surface area contributed by atoms with Gasteiger partial charge < -0.3 is 15.2 Å². The summed E-state index contributed by atoms with van der Waals surface area (Å²) in [5, 5.41) is 21.9. The van der Waals surface area contributed by atoms with Crippen LogP contribution in [0.1, 0.15) is 22.3 Å². The summed E-state index contributed by atoms with van der Waals surface area (Å²) in [7, 11) is 1.55. The predicted octanol–water partition coefficient (Wildman–Crippen LogP) is 2.19. The Morgan fingerprint density at radius 2 is 1.89 bits per heavy atom. The van der Waals surface area contributed by atoms with Gasteiger partial charge in [0.15, 0.2) is 0 Å². The quantitative estimate of drug-likeness (QED) is 0.377. The molecular formula is C20H23ClN2O5. The Morgan fingerprint density at radius 3 is 2.50 bits per heavy atom. The van der Waals surface area contributed by atoms with Crippen LogP contribution in [0.2, 0.25) is 5.02 Å². The maximum Gasteiger partial charge on any atom is 0.251 e. The maximum atomic E-state index is 12.4. The number of carbonyl (C=O) groups is 2. The van der Waals surface area contributed by atoms with Crippen molar-refractivity contribution in [3.05, 3.63) is 64.7 Å². The molecule has 0 bridgehead atoms. The minimum absolute atomic E-state index is 0.138. The number of hydroxylamine groups is 1. The van der Waals surface area contributed by atoms with Gasteiger partial charge in [-0.15, -0.1) is 0 Å². The van der Waals surface area contributed by atoms with E-state index in [0.717, 1.165) is 5.56 Å². The van der Waals surface area contributed by atoms with Crippen molar-refractivity contribution in [2.24, 2.45) is 5.92 Å². The summed E-state index contributed by atoms with van der Waals surface area (Å²) in [6.07, 6.45) is 0.441. The molecule has 2 rings (SSSR count). The average molecular weight is 407 g/mol. The number of carbonyl (C=O) groups excluding carboxylic acids is 2. The summed E-state index contributed by atoms with van der Waals surface area (Å²) in [5.41, 5.74) is 2.87. The molecule has 2 amide bonds. The average Bonchev–Trinajstić information content (AvgIpc) is 2.72. The topological polar surface area (TPSA) is 108 Å². The lowest BCUT2D eigenvalue weighted by Gasteiger charge is -2.22. The highest BCUT2D eigenvalue weighted by Gasteiger charge is 2.24.